The van der Waals surface area contributed by atoms with Gasteiger partial charge in [-0.1, -0.05) is 96.1 Å². The van der Waals surface area contributed by atoms with Gasteiger partial charge >= 0.3 is 18.5 Å². The summed E-state index contributed by atoms with van der Waals surface area (Å²) < 4.78 is 26.4. The molecule has 3 saturated heterocycles. The van der Waals surface area contributed by atoms with Crippen LogP contribution in [-0.2, 0) is 59.4 Å². The molecule has 0 saturated carbocycles. The van der Waals surface area contributed by atoms with Crippen LogP contribution in [0.15, 0.2) is 121 Å². The zero-order valence-corrected chi connectivity index (χ0v) is 62.7. The van der Waals surface area contributed by atoms with Gasteiger partial charge in [-0.25, -0.2) is 28.5 Å². The molecule has 568 valence electrons. The highest BCUT2D eigenvalue weighted by Gasteiger charge is 2.62. The topological polar surface area (TPSA) is 306 Å². The number of amides is 11. The van der Waals surface area contributed by atoms with Crippen molar-refractivity contribution in [3.63, 3.8) is 0 Å². The van der Waals surface area contributed by atoms with Crippen LogP contribution in [0.1, 0.15) is 138 Å². The average Bonchev–Trinajstić information content (AvgIpc) is 1.59. The van der Waals surface area contributed by atoms with E-state index < -0.39 is 118 Å². The standard InChI is InChI=1S/2C29H32FN5O4.C22H29N5O3/c2*1-17(2)14-23(34(5)26(37)18(3)32-25(36)19-10-12-20(30)13-11-19)27(38)35-16-29(15-24(35)31-4)21-8-6-7-9-22(21)33-28(29)39;1-13(2)10-17(26(5)19(28)14(3)23)20(29)27-12-22(11-18(27)24-4)15-8-6-7-9-16(15)25-21(22)30/h2*6-13,17-18,23-24H,14-16H2,1-3,5H3,(H,32,36)(H,33,39);6-9,13-14,17-18H,10-12,23H2,1-3,5H3,(H,25,30)/t2*18-,23-,24-,29-;14-,17-,18-,22-/m000/s1. The molecule has 28 heteroatoms. The molecule has 108 heavy (non-hydrogen) atoms. The summed E-state index contributed by atoms with van der Waals surface area (Å²) in [6, 6.07) is 26.7. The van der Waals surface area contributed by atoms with Gasteiger partial charge in [-0.2, -0.15) is 0 Å². The first-order valence-electron chi connectivity index (χ1n) is 36.0. The molecule has 6 heterocycles. The molecule has 0 aliphatic carbocycles. The van der Waals surface area contributed by atoms with Crippen molar-refractivity contribution in [2.45, 2.75) is 172 Å². The Morgan fingerprint density at radius 3 is 0.963 bits per heavy atom. The van der Waals surface area contributed by atoms with Crippen LogP contribution < -0.4 is 32.3 Å². The molecular formula is C80H93F2N15O11. The third-order valence-electron chi connectivity index (χ3n) is 21.1. The molecule has 11 rings (SSSR count). The van der Waals surface area contributed by atoms with Gasteiger partial charge in [0.15, 0.2) is 0 Å². The largest absolute Gasteiger partial charge is 0.341 e. The summed E-state index contributed by atoms with van der Waals surface area (Å²) in [5.41, 5.74) is 7.60. The maximum atomic E-state index is 14.0. The van der Waals surface area contributed by atoms with Crippen molar-refractivity contribution in [2.24, 2.45) is 23.5 Å². The summed E-state index contributed by atoms with van der Waals surface area (Å²) in [7, 11) is 4.58. The minimum absolute atomic E-state index is 0.0369. The van der Waals surface area contributed by atoms with Gasteiger partial charge in [0, 0.05) is 69.0 Å². The lowest BCUT2D eigenvalue weighted by atomic mass is 9.80. The second kappa shape index (κ2) is 33.1. The maximum Gasteiger partial charge on any atom is 0.302 e. The molecule has 3 spiro atoms. The van der Waals surface area contributed by atoms with Gasteiger partial charge in [0.2, 0.25) is 35.4 Å². The van der Waals surface area contributed by atoms with Crippen LogP contribution in [-0.4, -0.2) is 190 Å². The van der Waals surface area contributed by atoms with Gasteiger partial charge in [-0.15, -0.1) is 0 Å². The zero-order chi connectivity index (χ0) is 79.2. The fraction of sp³-hybridized carbons (Fsp3) is 0.450. The molecule has 5 aromatic carbocycles. The molecule has 12 atom stereocenters. The van der Waals surface area contributed by atoms with Gasteiger partial charge in [0.1, 0.15) is 58.1 Å². The fourth-order valence-corrected chi connectivity index (χ4v) is 15.3. The van der Waals surface area contributed by atoms with Crippen molar-refractivity contribution in [3.8, 4) is 0 Å². The van der Waals surface area contributed by atoms with Crippen molar-refractivity contribution >= 4 is 82.0 Å². The van der Waals surface area contributed by atoms with E-state index in [2.05, 4.69) is 41.1 Å². The van der Waals surface area contributed by atoms with E-state index in [9.17, 15) is 61.5 Å². The molecule has 6 aliphatic rings. The van der Waals surface area contributed by atoms with Crippen molar-refractivity contribution < 1.29 is 61.5 Å². The lowest BCUT2D eigenvalue weighted by Gasteiger charge is -2.33. The number of fused-ring (bicyclic) bond motifs is 6. The quantitative estimate of drug-likeness (QED) is 0.0429. The summed E-state index contributed by atoms with van der Waals surface area (Å²) in [6.45, 7) is 39.7. The van der Waals surface area contributed by atoms with Crippen LogP contribution in [0.2, 0.25) is 0 Å². The van der Waals surface area contributed by atoms with Crippen molar-refractivity contribution in [3.05, 3.63) is 195 Å². The molecule has 7 N–H and O–H groups in total. The number of carbonyl (C=O) groups excluding carboxylic acids is 11. The van der Waals surface area contributed by atoms with Crippen LogP contribution in [0.25, 0.3) is 14.5 Å². The van der Waals surface area contributed by atoms with Crippen LogP contribution >= 0.6 is 0 Å². The monoisotopic (exact) mass is 1480 g/mol. The SMILES string of the molecule is [C-]#[N+][C@@H]1C[C@@]2(CN1C(=O)[C@H](CC(C)C)N(C)C(=O)[C@H](C)N)C(=O)Nc1ccccc12.[C-]#[N+][C@@H]1C[C@@]2(CN1C(=O)[C@H](CC(C)C)N(C)C(=O)[C@H](C)NC(=O)c1ccc(F)cc1)C(=O)Nc1ccccc12.[C-]#[N+][C@@H]1C[C@@]2(CN1C(=O)[C@H](CC(C)C)N(C)C(=O)[C@H](C)NC(=O)c1ccc(F)cc1)C(=O)Nc1ccccc12. The number of para-hydroxylation sites is 3. The molecule has 11 amide bonds. The number of nitrogens with zero attached hydrogens (tertiary/aromatic N) is 9. The molecule has 0 aromatic heterocycles. The number of halogens is 2. The average molecular weight is 1480 g/mol. The van der Waals surface area contributed by atoms with Crippen LogP contribution in [0, 0.1) is 49.1 Å². The second-order valence-electron chi connectivity index (χ2n) is 30.1. The van der Waals surface area contributed by atoms with Gasteiger partial charge in [0.25, 0.3) is 29.5 Å². The molecule has 5 aromatic rings. The van der Waals surface area contributed by atoms with Gasteiger partial charge in [0.05, 0.1) is 25.3 Å². The summed E-state index contributed by atoms with van der Waals surface area (Å²) in [4.78, 5) is 165. The lowest BCUT2D eigenvalue weighted by molar-refractivity contribution is -0.146. The smallest absolute Gasteiger partial charge is 0.302 e. The normalized spacial score (nSPS) is 22.1. The lowest BCUT2D eigenvalue weighted by Crippen LogP contribution is -2.55. The van der Waals surface area contributed by atoms with E-state index in [1.807, 2.05) is 102 Å². The molecular weight excluding hydrogens is 1380 g/mol. The molecule has 6 aliphatic heterocycles. The summed E-state index contributed by atoms with van der Waals surface area (Å²) in [5.74, 6) is -4.92. The number of likely N-dealkylation sites (tertiary alicyclic amines) is 3. The number of nitrogens with one attached hydrogen (secondary N) is 5. The predicted molar refractivity (Wildman–Crippen MR) is 399 cm³/mol. The zero-order valence-electron chi connectivity index (χ0n) is 62.7. The highest BCUT2D eigenvalue weighted by molar-refractivity contribution is 6.10. The Hall–Kier alpha value is -11.4. The van der Waals surface area contributed by atoms with Crippen LogP contribution in [0.4, 0.5) is 25.8 Å². The Kier molecular flexibility index (Phi) is 24.8. The predicted octanol–water partition coefficient (Wildman–Crippen LogP) is 7.94. The summed E-state index contributed by atoms with van der Waals surface area (Å²) >= 11 is 0. The summed E-state index contributed by atoms with van der Waals surface area (Å²) in [5, 5.41) is 13.9. The van der Waals surface area contributed by atoms with Crippen LogP contribution in [0.3, 0.4) is 0 Å². The minimum atomic E-state index is -1.02. The molecule has 3 fully saturated rings. The van der Waals surface area contributed by atoms with E-state index in [0.29, 0.717) is 30.6 Å². The fourth-order valence-electron chi connectivity index (χ4n) is 15.3. The number of hydrogen-bond acceptors (Lipinski definition) is 12. The van der Waals surface area contributed by atoms with E-state index in [0.717, 1.165) is 46.6 Å². The second-order valence-corrected chi connectivity index (χ2v) is 30.1. The van der Waals surface area contributed by atoms with Crippen molar-refractivity contribution in [1.29, 1.82) is 0 Å². The third-order valence-corrected chi connectivity index (χ3v) is 21.1. The van der Waals surface area contributed by atoms with Gasteiger partial charge in [-0.3, -0.25) is 82.0 Å². The third kappa shape index (κ3) is 16.3. The van der Waals surface area contributed by atoms with E-state index in [1.165, 1.54) is 81.6 Å². The van der Waals surface area contributed by atoms with Crippen LogP contribution in [0.5, 0.6) is 0 Å². The number of rotatable bonds is 19. The van der Waals surface area contributed by atoms with Crippen molar-refractivity contribution in [1.82, 2.24) is 40.0 Å². The molecule has 0 radical (unpaired) electrons. The van der Waals surface area contributed by atoms with E-state index >= 15 is 0 Å². The highest BCUT2D eigenvalue weighted by Crippen LogP contribution is 2.50. The van der Waals surface area contributed by atoms with Gasteiger partial charge < -0.3 is 47.0 Å². The van der Waals surface area contributed by atoms with E-state index in [4.69, 9.17) is 25.5 Å². The summed E-state index contributed by atoms with van der Waals surface area (Å²) in [6.07, 6.45) is -0.792. The first kappa shape index (κ1) is 80.7. The molecule has 0 unspecified atom stereocenters. The Labute approximate surface area is 627 Å². The number of anilines is 3. The first-order valence-corrected chi connectivity index (χ1v) is 36.0. The molecule has 26 nitrogen and oxygen atoms in total. The Morgan fingerprint density at radius 2 is 0.713 bits per heavy atom. The maximum absolute atomic E-state index is 14.0. The Bertz CT molecular complexity index is 4250. The first-order chi connectivity index (χ1) is 51.1. The van der Waals surface area contributed by atoms with E-state index in [-0.39, 0.29) is 97.3 Å². The number of benzene rings is 5. The highest BCUT2D eigenvalue weighted by atomic mass is 19.1. The Balaban J connectivity index is 0.000000189. The number of nitrogens with two attached hydrogens (primary N) is 1. The number of likely N-dealkylation sites (N-methyl/N-ethyl adjacent to an activating group) is 3. The number of hydrogen-bond donors (Lipinski definition) is 6. The number of carbonyl (C=O) groups is 11. The van der Waals surface area contributed by atoms with Gasteiger partial charge in [-0.05, 0) is 141 Å². The molecule has 0 bridgehead atoms. The van der Waals surface area contributed by atoms with Crippen molar-refractivity contribution in [2.75, 3.05) is 56.7 Å². The van der Waals surface area contributed by atoms with E-state index in [1.54, 1.807) is 26.1 Å². The minimum Gasteiger partial charge on any atom is -0.341 e. The Morgan fingerprint density at radius 1 is 0.454 bits per heavy atom.